The maximum Gasteiger partial charge on any atom is 0.497 e. The third kappa shape index (κ3) is 3.90. The highest BCUT2D eigenvalue weighted by atomic mass is 16.7. The number of nitrogens with one attached hydrogen (secondary N) is 2. The molecule has 28 heavy (non-hydrogen) atoms. The molecule has 2 aromatic rings. The molecule has 9 heteroatoms. The topological polar surface area (TPSA) is 106 Å². The molecule has 150 valence electrons. The van der Waals surface area contributed by atoms with Gasteiger partial charge in [0.15, 0.2) is 0 Å². The van der Waals surface area contributed by atoms with Crippen molar-refractivity contribution in [3.05, 3.63) is 23.9 Å². The average molecular weight is 386 g/mol. The molecule has 0 radical (unpaired) electrons. The van der Waals surface area contributed by atoms with Crippen molar-refractivity contribution in [2.75, 3.05) is 11.9 Å². The summed E-state index contributed by atoms with van der Waals surface area (Å²) in [4.78, 5) is 20.1. The van der Waals surface area contributed by atoms with E-state index >= 15 is 0 Å². The van der Waals surface area contributed by atoms with Crippen LogP contribution in [0.5, 0.6) is 0 Å². The lowest BCUT2D eigenvalue weighted by atomic mass is 9.78. The summed E-state index contributed by atoms with van der Waals surface area (Å²) in [6.07, 6.45) is -1.06. The van der Waals surface area contributed by atoms with Gasteiger partial charge in [0.1, 0.15) is 5.82 Å². The number of nitrogens with zero attached hydrogens (tertiary/aromatic N) is 2. The van der Waals surface area contributed by atoms with Gasteiger partial charge in [-0.2, -0.15) is 0 Å². The predicted octanol–water partition coefficient (Wildman–Crippen LogP) is 2.31. The largest absolute Gasteiger partial charge is 0.497 e. The fourth-order valence-electron chi connectivity index (χ4n) is 3.01. The van der Waals surface area contributed by atoms with Gasteiger partial charge in [-0.25, -0.2) is 14.8 Å². The van der Waals surface area contributed by atoms with E-state index in [1.165, 1.54) is 0 Å². The second kappa shape index (κ2) is 7.22. The van der Waals surface area contributed by atoms with Gasteiger partial charge in [0.05, 0.1) is 27.9 Å². The van der Waals surface area contributed by atoms with Gasteiger partial charge in [0.25, 0.3) is 0 Å². The normalized spacial score (nSPS) is 18.9. The van der Waals surface area contributed by atoms with E-state index in [0.717, 1.165) is 16.7 Å². The molecule has 3 rings (SSSR count). The predicted molar refractivity (Wildman–Crippen MR) is 109 cm³/mol. The highest BCUT2D eigenvalue weighted by Gasteiger charge is 2.52. The van der Waals surface area contributed by atoms with Crippen molar-refractivity contribution in [2.24, 2.45) is 0 Å². The number of rotatable bonds is 5. The minimum Gasteiger partial charge on any atom is -0.465 e. The van der Waals surface area contributed by atoms with Gasteiger partial charge in [0, 0.05) is 18.0 Å². The second-order valence-corrected chi connectivity index (χ2v) is 8.19. The van der Waals surface area contributed by atoms with E-state index in [1.54, 1.807) is 0 Å². The van der Waals surface area contributed by atoms with Crippen molar-refractivity contribution in [1.82, 2.24) is 15.3 Å². The van der Waals surface area contributed by atoms with E-state index in [0.29, 0.717) is 11.3 Å². The first-order chi connectivity index (χ1) is 13.0. The minimum absolute atomic E-state index is 0.148. The van der Waals surface area contributed by atoms with Crippen molar-refractivity contribution in [3.63, 3.8) is 0 Å². The van der Waals surface area contributed by atoms with E-state index in [2.05, 4.69) is 15.6 Å². The highest BCUT2D eigenvalue weighted by molar-refractivity contribution is 6.64. The summed E-state index contributed by atoms with van der Waals surface area (Å²) in [6.45, 7) is 12.1. The van der Waals surface area contributed by atoms with Crippen LogP contribution in [-0.2, 0) is 9.31 Å². The smallest absolute Gasteiger partial charge is 0.465 e. The zero-order valence-electron chi connectivity index (χ0n) is 17.2. The molecule has 0 aliphatic carbocycles. The van der Waals surface area contributed by atoms with E-state index in [4.69, 9.17) is 19.4 Å². The minimum atomic E-state index is -1.06. The lowest BCUT2D eigenvalue weighted by molar-refractivity contribution is 0.00578. The van der Waals surface area contributed by atoms with Crippen LogP contribution in [-0.4, -0.2) is 52.1 Å². The number of hydrogen-bond donors (Lipinski definition) is 3. The second-order valence-electron chi connectivity index (χ2n) is 8.19. The number of para-hydroxylation sites is 1. The Morgan fingerprint density at radius 2 is 1.86 bits per heavy atom. The van der Waals surface area contributed by atoms with Crippen LogP contribution in [0.4, 0.5) is 10.6 Å². The summed E-state index contributed by atoms with van der Waals surface area (Å²) in [5.74, 6) is 0.608. The van der Waals surface area contributed by atoms with Crippen LogP contribution >= 0.6 is 0 Å². The van der Waals surface area contributed by atoms with Gasteiger partial charge < -0.3 is 25.0 Å². The molecular weight excluding hydrogens is 359 g/mol. The lowest BCUT2D eigenvalue weighted by Crippen LogP contribution is -2.41. The van der Waals surface area contributed by atoms with E-state index in [-0.39, 0.29) is 12.6 Å². The zero-order chi connectivity index (χ0) is 20.7. The van der Waals surface area contributed by atoms with Gasteiger partial charge in [-0.15, -0.1) is 0 Å². The Hall–Kier alpha value is -2.39. The first-order valence-corrected chi connectivity index (χ1v) is 9.36. The van der Waals surface area contributed by atoms with Crippen LogP contribution < -0.4 is 16.1 Å². The fourth-order valence-corrected chi connectivity index (χ4v) is 3.01. The summed E-state index contributed by atoms with van der Waals surface area (Å²) in [7, 11) is -0.537. The molecular formula is C19H27BN4O4. The number of benzene rings is 1. The molecule has 2 heterocycles. The number of aryl methyl sites for hydroxylation is 1. The third-order valence-electron chi connectivity index (χ3n) is 5.35. The Morgan fingerprint density at radius 1 is 1.21 bits per heavy atom. The van der Waals surface area contributed by atoms with Crippen molar-refractivity contribution in [3.8, 4) is 0 Å². The molecule has 1 saturated heterocycles. The molecule has 1 amide bonds. The average Bonchev–Trinajstić information content (AvgIpc) is 2.80. The molecule has 1 unspecified atom stereocenters. The summed E-state index contributed by atoms with van der Waals surface area (Å²) in [6, 6.07) is 5.62. The Balaban J connectivity index is 1.94. The molecule has 0 bridgehead atoms. The van der Waals surface area contributed by atoms with Crippen molar-refractivity contribution in [2.45, 2.75) is 58.8 Å². The number of carbonyl (C=O) groups is 1. The van der Waals surface area contributed by atoms with Crippen molar-refractivity contribution >= 4 is 35.5 Å². The monoisotopic (exact) mass is 386 g/mol. The maximum absolute atomic E-state index is 10.7. The van der Waals surface area contributed by atoms with Crippen molar-refractivity contribution in [1.29, 1.82) is 0 Å². The standard InChI is InChI=1S/C19H27BN4O4/c1-11(10-21-17(25)26)22-16-12(2)23-14-9-7-8-13(15(14)24-16)20-27-18(3,4)19(5,6)28-20/h7-9,11,21H,10H2,1-6H3,(H,22,24)(H,25,26). The van der Waals surface area contributed by atoms with Crippen LogP contribution in [0, 0.1) is 6.92 Å². The molecule has 1 aromatic heterocycles. The van der Waals surface area contributed by atoms with Crippen LogP contribution in [0.2, 0.25) is 0 Å². The Labute approximate surface area is 165 Å². The van der Waals surface area contributed by atoms with E-state index in [9.17, 15) is 4.79 Å². The first kappa shape index (κ1) is 20.4. The number of carboxylic acid groups (broad SMARTS) is 1. The SMILES string of the molecule is Cc1nc2cccc(B3OC(C)(C)C(C)(C)O3)c2nc1NC(C)CNC(=O)O. The van der Waals surface area contributed by atoms with Crippen LogP contribution in [0.1, 0.15) is 40.3 Å². The first-order valence-electron chi connectivity index (χ1n) is 9.36. The van der Waals surface area contributed by atoms with Crippen LogP contribution in [0.3, 0.4) is 0 Å². The Kier molecular flexibility index (Phi) is 5.25. The zero-order valence-corrected chi connectivity index (χ0v) is 17.2. The Morgan fingerprint density at radius 3 is 2.46 bits per heavy atom. The number of anilines is 1. The molecule has 0 saturated carbocycles. The quantitative estimate of drug-likeness (QED) is 0.677. The molecule has 1 aliphatic rings. The van der Waals surface area contributed by atoms with Gasteiger partial charge in [-0.3, -0.25) is 0 Å². The lowest BCUT2D eigenvalue weighted by Gasteiger charge is -2.32. The fraction of sp³-hybridized carbons (Fsp3) is 0.526. The summed E-state index contributed by atoms with van der Waals surface area (Å²) >= 11 is 0. The Bertz CT molecular complexity index is 887. The van der Waals surface area contributed by atoms with Gasteiger partial charge in [-0.1, -0.05) is 12.1 Å². The molecule has 1 atom stereocenters. The molecule has 8 nitrogen and oxygen atoms in total. The number of amides is 1. The molecule has 1 aliphatic heterocycles. The third-order valence-corrected chi connectivity index (χ3v) is 5.35. The highest BCUT2D eigenvalue weighted by Crippen LogP contribution is 2.37. The summed E-state index contributed by atoms with van der Waals surface area (Å²) in [5, 5.41) is 14.4. The molecule has 1 fully saturated rings. The number of aromatic nitrogens is 2. The van der Waals surface area contributed by atoms with Gasteiger partial charge >= 0.3 is 13.2 Å². The van der Waals surface area contributed by atoms with Crippen molar-refractivity contribution < 1.29 is 19.2 Å². The van der Waals surface area contributed by atoms with Gasteiger partial charge in [-0.05, 0) is 47.6 Å². The van der Waals surface area contributed by atoms with Crippen LogP contribution in [0.25, 0.3) is 11.0 Å². The molecule has 0 spiro atoms. The maximum atomic E-state index is 10.7. The summed E-state index contributed by atoms with van der Waals surface area (Å²) in [5.41, 5.74) is 2.12. The number of fused-ring (bicyclic) bond motifs is 1. The molecule has 1 aromatic carbocycles. The number of hydrogen-bond acceptors (Lipinski definition) is 6. The van der Waals surface area contributed by atoms with Crippen LogP contribution in [0.15, 0.2) is 18.2 Å². The summed E-state index contributed by atoms with van der Waals surface area (Å²) < 4.78 is 12.4. The molecule has 3 N–H and O–H groups in total. The van der Waals surface area contributed by atoms with Gasteiger partial charge in [0.2, 0.25) is 0 Å². The van der Waals surface area contributed by atoms with E-state index < -0.39 is 24.4 Å². The van der Waals surface area contributed by atoms with E-state index in [1.807, 2.05) is 59.7 Å².